The second-order valence-corrected chi connectivity index (χ2v) is 4.48. The molecule has 1 aliphatic carbocycles. The molecule has 0 bridgehead atoms. The van der Waals surface area contributed by atoms with Gasteiger partial charge in [0.05, 0.1) is 12.1 Å². The van der Waals surface area contributed by atoms with Gasteiger partial charge in [-0.1, -0.05) is 19.3 Å². The summed E-state index contributed by atoms with van der Waals surface area (Å²) in [6, 6.07) is 0. The molecule has 0 aromatic carbocycles. The third kappa shape index (κ3) is 2.50. The maximum absolute atomic E-state index is 5.73. The van der Waals surface area contributed by atoms with E-state index < -0.39 is 0 Å². The summed E-state index contributed by atoms with van der Waals surface area (Å²) in [6.45, 7) is 1.08. The fourth-order valence-corrected chi connectivity index (χ4v) is 2.35. The van der Waals surface area contributed by atoms with Crippen molar-refractivity contribution in [1.29, 1.82) is 0 Å². The Kier molecular flexibility index (Phi) is 3.46. The van der Waals surface area contributed by atoms with Crippen LogP contribution in [-0.4, -0.2) is 9.78 Å². The molecule has 0 spiro atoms. The minimum atomic E-state index is 0.574. The zero-order valence-electron chi connectivity index (χ0n) is 8.45. The number of halogens is 1. The van der Waals surface area contributed by atoms with Gasteiger partial charge in [-0.3, -0.25) is 4.68 Å². The highest BCUT2D eigenvalue weighted by Crippen LogP contribution is 2.24. The number of alkyl halides is 1. The van der Waals surface area contributed by atoms with Gasteiger partial charge < -0.3 is 0 Å². The monoisotopic (exact) mass is 212 g/mol. The largest absolute Gasteiger partial charge is 0.272 e. The normalized spacial score (nSPS) is 18.6. The van der Waals surface area contributed by atoms with Crippen molar-refractivity contribution < 1.29 is 0 Å². The Morgan fingerprint density at radius 3 is 2.79 bits per heavy atom. The average Bonchev–Trinajstić information content (AvgIpc) is 2.67. The minimum absolute atomic E-state index is 0.574. The van der Waals surface area contributed by atoms with Gasteiger partial charge in [0.15, 0.2) is 0 Å². The van der Waals surface area contributed by atoms with E-state index in [1.807, 2.05) is 10.9 Å². The Morgan fingerprint density at radius 2 is 2.14 bits per heavy atom. The molecule has 0 aliphatic heterocycles. The van der Waals surface area contributed by atoms with Crippen molar-refractivity contribution in [2.24, 2.45) is 5.92 Å². The summed E-state index contributed by atoms with van der Waals surface area (Å²) < 4.78 is 2.05. The van der Waals surface area contributed by atoms with Gasteiger partial charge in [0, 0.05) is 18.3 Å². The molecule has 0 radical (unpaired) electrons. The maximum atomic E-state index is 5.73. The molecule has 78 valence electrons. The second-order valence-electron chi connectivity index (χ2n) is 4.21. The topological polar surface area (TPSA) is 17.8 Å². The van der Waals surface area contributed by atoms with E-state index in [2.05, 4.69) is 11.3 Å². The van der Waals surface area contributed by atoms with Crippen molar-refractivity contribution in [2.45, 2.75) is 44.5 Å². The Balaban J connectivity index is 1.89. The SMILES string of the molecule is ClCc1cnn(CC2CCCCC2)c1. The van der Waals surface area contributed by atoms with Crippen molar-refractivity contribution in [2.75, 3.05) is 0 Å². The van der Waals surface area contributed by atoms with E-state index >= 15 is 0 Å². The lowest BCUT2D eigenvalue weighted by Gasteiger charge is -2.21. The minimum Gasteiger partial charge on any atom is -0.272 e. The Hall–Kier alpha value is -0.500. The molecule has 3 heteroatoms. The third-order valence-electron chi connectivity index (χ3n) is 3.01. The average molecular weight is 213 g/mol. The summed E-state index contributed by atoms with van der Waals surface area (Å²) in [5.74, 6) is 1.41. The Morgan fingerprint density at radius 1 is 1.36 bits per heavy atom. The smallest absolute Gasteiger partial charge is 0.0533 e. The highest BCUT2D eigenvalue weighted by molar-refractivity contribution is 6.17. The first kappa shape index (κ1) is 10.0. The molecular weight excluding hydrogens is 196 g/mol. The lowest BCUT2D eigenvalue weighted by Crippen LogP contribution is -2.14. The number of rotatable bonds is 3. The summed E-state index contributed by atoms with van der Waals surface area (Å²) in [5.41, 5.74) is 1.13. The highest BCUT2D eigenvalue weighted by Gasteiger charge is 2.14. The number of nitrogens with zero attached hydrogens (tertiary/aromatic N) is 2. The van der Waals surface area contributed by atoms with Gasteiger partial charge >= 0.3 is 0 Å². The summed E-state index contributed by atoms with van der Waals surface area (Å²) in [6.07, 6.45) is 10.9. The molecule has 0 unspecified atom stereocenters. The molecule has 2 nitrogen and oxygen atoms in total. The summed E-state index contributed by atoms with van der Waals surface area (Å²) in [7, 11) is 0. The molecule has 14 heavy (non-hydrogen) atoms. The second kappa shape index (κ2) is 4.83. The van der Waals surface area contributed by atoms with Crippen molar-refractivity contribution in [1.82, 2.24) is 9.78 Å². The van der Waals surface area contributed by atoms with E-state index in [4.69, 9.17) is 11.6 Å². The zero-order chi connectivity index (χ0) is 9.80. The Labute approximate surface area is 90.3 Å². The summed E-state index contributed by atoms with van der Waals surface area (Å²) in [4.78, 5) is 0. The van der Waals surface area contributed by atoms with Crippen LogP contribution < -0.4 is 0 Å². The van der Waals surface area contributed by atoms with E-state index in [1.54, 1.807) is 0 Å². The van der Waals surface area contributed by atoms with Crippen molar-refractivity contribution in [3.8, 4) is 0 Å². The van der Waals surface area contributed by atoms with E-state index in [1.165, 1.54) is 32.1 Å². The van der Waals surface area contributed by atoms with Crippen LogP contribution in [0.4, 0.5) is 0 Å². The number of hydrogen-bond acceptors (Lipinski definition) is 1. The molecular formula is C11H17ClN2. The summed E-state index contributed by atoms with van der Waals surface area (Å²) in [5, 5.41) is 4.31. The van der Waals surface area contributed by atoms with Crippen LogP contribution in [0.2, 0.25) is 0 Å². The van der Waals surface area contributed by atoms with Crippen molar-refractivity contribution in [3.63, 3.8) is 0 Å². The molecule has 1 fully saturated rings. The van der Waals surface area contributed by atoms with Crippen LogP contribution in [0.3, 0.4) is 0 Å². The first-order valence-electron chi connectivity index (χ1n) is 5.46. The van der Waals surface area contributed by atoms with Gasteiger partial charge in [-0.05, 0) is 18.8 Å². The molecule has 0 atom stereocenters. The van der Waals surface area contributed by atoms with Crippen LogP contribution in [0.5, 0.6) is 0 Å². The molecule has 1 saturated carbocycles. The van der Waals surface area contributed by atoms with Crippen LogP contribution in [-0.2, 0) is 12.4 Å². The van der Waals surface area contributed by atoms with Crippen LogP contribution in [0, 0.1) is 5.92 Å². The predicted octanol–water partition coefficient (Wildman–Crippen LogP) is 3.20. The first-order chi connectivity index (χ1) is 6.88. The van der Waals surface area contributed by atoms with Gasteiger partial charge in [-0.15, -0.1) is 11.6 Å². The molecule has 1 heterocycles. The first-order valence-corrected chi connectivity index (χ1v) is 5.99. The van der Waals surface area contributed by atoms with E-state index in [9.17, 15) is 0 Å². The highest BCUT2D eigenvalue weighted by atomic mass is 35.5. The quantitative estimate of drug-likeness (QED) is 0.704. The fraction of sp³-hybridized carbons (Fsp3) is 0.727. The Bertz CT molecular complexity index is 277. The lowest BCUT2D eigenvalue weighted by molar-refractivity contribution is 0.308. The van der Waals surface area contributed by atoms with Gasteiger partial charge in [-0.25, -0.2) is 0 Å². The fourth-order valence-electron chi connectivity index (χ4n) is 2.21. The molecule has 0 N–H and O–H groups in total. The number of hydrogen-bond donors (Lipinski definition) is 0. The van der Waals surface area contributed by atoms with Crippen LogP contribution in [0.1, 0.15) is 37.7 Å². The zero-order valence-corrected chi connectivity index (χ0v) is 9.21. The molecule has 2 rings (SSSR count). The van der Waals surface area contributed by atoms with Crippen LogP contribution >= 0.6 is 11.6 Å². The van der Waals surface area contributed by atoms with Gasteiger partial charge in [0.2, 0.25) is 0 Å². The molecule has 1 aromatic heterocycles. The molecule has 1 aromatic rings. The van der Waals surface area contributed by atoms with Crippen LogP contribution in [0.15, 0.2) is 12.4 Å². The maximum Gasteiger partial charge on any atom is 0.0533 e. The lowest BCUT2D eigenvalue weighted by atomic mass is 9.89. The van der Waals surface area contributed by atoms with Crippen LogP contribution in [0.25, 0.3) is 0 Å². The van der Waals surface area contributed by atoms with Crippen molar-refractivity contribution in [3.05, 3.63) is 18.0 Å². The molecule has 1 aliphatic rings. The molecule has 0 saturated heterocycles. The summed E-state index contributed by atoms with van der Waals surface area (Å²) >= 11 is 5.73. The van der Waals surface area contributed by atoms with Crippen molar-refractivity contribution >= 4 is 11.6 Å². The third-order valence-corrected chi connectivity index (χ3v) is 3.32. The number of aromatic nitrogens is 2. The molecule has 0 amide bonds. The van der Waals surface area contributed by atoms with E-state index in [0.29, 0.717) is 5.88 Å². The standard InChI is InChI=1S/C11H17ClN2/c12-6-11-7-13-14(9-11)8-10-4-2-1-3-5-10/h7,9-10H,1-6,8H2. The van der Waals surface area contributed by atoms with Gasteiger partial charge in [-0.2, -0.15) is 5.10 Å². The van der Waals surface area contributed by atoms with Gasteiger partial charge in [0.25, 0.3) is 0 Å². The van der Waals surface area contributed by atoms with E-state index in [0.717, 1.165) is 18.0 Å². The van der Waals surface area contributed by atoms with Gasteiger partial charge in [0.1, 0.15) is 0 Å². The predicted molar refractivity (Wildman–Crippen MR) is 58.4 cm³/mol. The van der Waals surface area contributed by atoms with E-state index in [-0.39, 0.29) is 0 Å².